The fourth-order valence-electron chi connectivity index (χ4n) is 7.37. The van der Waals surface area contributed by atoms with Crippen molar-refractivity contribution in [2.24, 2.45) is 0 Å². The van der Waals surface area contributed by atoms with Crippen molar-refractivity contribution in [1.82, 2.24) is 0 Å². The Hall–Kier alpha value is -6.96. The number of rotatable bonds is 8. The molecular weight excluding hydrogens is 639 g/mol. The standard InChI is InChI=1S/C52H37N/c1-4-13-38(14-5-1)40-23-25-41(26-24-40)42-27-29-46(30-28-42)49-36-35-48(37-51(49)45-17-8-3-9-18-45)53(52-22-12-20-44-19-10-11-21-50(44)52)47-33-31-43(32-34-47)39-15-6-2-7-16-39/h1-37H. The van der Waals surface area contributed by atoms with Crippen LogP contribution in [0.4, 0.5) is 17.1 Å². The summed E-state index contributed by atoms with van der Waals surface area (Å²) >= 11 is 0. The first-order valence-electron chi connectivity index (χ1n) is 18.2. The Kier molecular flexibility index (Phi) is 8.66. The lowest BCUT2D eigenvalue weighted by Crippen LogP contribution is -2.10. The molecule has 9 aromatic carbocycles. The monoisotopic (exact) mass is 675 g/mol. The van der Waals surface area contributed by atoms with Crippen molar-refractivity contribution in [3.8, 4) is 55.6 Å². The summed E-state index contributed by atoms with van der Waals surface area (Å²) in [5.74, 6) is 0. The van der Waals surface area contributed by atoms with Gasteiger partial charge in [-0.3, -0.25) is 0 Å². The van der Waals surface area contributed by atoms with Gasteiger partial charge in [0.25, 0.3) is 0 Å². The second kappa shape index (κ2) is 14.3. The van der Waals surface area contributed by atoms with E-state index in [4.69, 9.17) is 0 Å². The first kappa shape index (κ1) is 32.0. The van der Waals surface area contributed by atoms with Gasteiger partial charge in [-0.2, -0.15) is 0 Å². The zero-order chi connectivity index (χ0) is 35.4. The summed E-state index contributed by atoms with van der Waals surface area (Å²) in [6.45, 7) is 0. The zero-order valence-corrected chi connectivity index (χ0v) is 29.3. The predicted molar refractivity (Wildman–Crippen MR) is 226 cm³/mol. The van der Waals surface area contributed by atoms with Crippen LogP contribution < -0.4 is 4.90 Å². The highest BCUT2D eigenvalue weighted by Gasteiger charge is 2.18. The van der Waals surface area contributed by atoms with E-state index in [1.807, 2.05) is 0 Å². The third kappa shape index (κ3) is 6.53. The summed E-state index contributed by atoms with van der Waals surface area (Å²) < 4.78 is 0. The fourth-order valence-corrected chi connectivity index (χ4v) is 7.37. The maximum absolute atomic E-state index is 2.40. The maximum Gasteiger partial charge on any atom is 0.0540 e. The van der Waals surface area contributed by atoms with Gasteiger partial charge in [0, 0.05) is 16.8 Å². The van der Waals surface area contributed by atoms with Gasteiger partial charge in [-0.25, -0.2) is 0 Å². The van der Waals surface area contributed by atoms with Crippen molar-refractivity contribution in [2.45, 2.75) is 0 Å². The van der Waals surface area contributed by atoms with Gasteiger partial charge in [0.05, 0.1) is 5.69 Å². The molecule has 250 valence electrons. The van der Waals surface area contributed by atoms with Crippen molar-refractivity contribution >= 4 is 27.8 Å². The number of anilines is 3. The molecule has 0 aliphatic carbocycles. The van der Waals surface area contributed by atoms with Crippen LogP contribution in [0.2, 0.25) is 0 Å². The van der Waals surface area contributed by atoms with E-state index in [9.17, 15) is 0 Å². The molecule has 9 rings (SSSR count). The molecule has 0 spiro atoms. The van der Waals surface area contributed by atoms with Crippen LogP contribution in [0.15, 0.2) is 224 Å². The van der Waals surface area contributed by atoms with Gasteiger partial charge < -0.3 is 4.90 Å². The quantitative estimate of drug-likeness (QED) is 0.155. The van der Waals surface area contributed by atoms with Crippen molar-refractivity contribution in [3.63, 3.8) is 0 Å². The van der Waals surface area contributed by atoms with Crippen LogP contribution in [0.1, 0.15) is 0 Å². The molecule has 9 aromatic rings. The second-order valence-electron chi connectivity index (χ2n) is 13.4. The first-order valence-corrected chi connectivity index (χ1v) is 18.2. The summed E-state index contributed by atoms with van der Waals surface area (Å²) in [5.41, 5.74) is 15.4. The topological polar surface area (TPSA) is 3.24 Å². The minimum absolute atomic E-state index is 1.10. The number of hydrogen-bond acceptors (Lipinski definition) is 1. The molecule has 1 nitrogen and oxygen atoms in total. The van der Waals surface area contributed by atoms with Crippen LogP contribution >= 0.6 is 0 Å². The average molecular weight is 676 g/mol. The van der Waals surface area contributed by atoms with Crippen LogP contribution in [0.3, 0.4) is 0 Å². The van der Waals surface area contributed by atoms with Crippen molar-refractivity contribution < 1.29 is 0 Å². The van der Waals surface area contributed by atoms with E-state index in [-0.39, 0.29) is 0 Å². The SMILES string of the molecule is c1ccc(-c2ccc(-c3ccc(-c4ccc(N(c5ccc(-c6ccccc6)cc5)c5cccc6ccccc56)cc4-c4ccccc4)cc3)cc2)cc1. The molecule has 0 bridgehead atoms. The molecule has 0 aromatic heterocycles. The molecule has 1 heteroatoms. The van der Waals surface area contributed by atoms with E-state index in [0.29, 0.717) is 0 Å². The first-order chi connectivity index (χ1) is 26.3. The summed E-state index contributed by atoms with van der Waals surface area (Å²) in [6, 6.07) is 80.8. The molecule has 0 aliphatic rings. The molecule has 0 atom stereocenters. The van der Waals surface area contributed by atoms with Crippen LogP contribution in [0.25, 0.3) is 66.4 Å². The molecular formula is C52H37N. The highest BCUT2D eigenvalue weighted by molar-refractivity contribution is 6.00. The van der Waals surface area contributed by atoms with Gasteiger partial charge >= 0.3 is 0 Å². The van der Waals surface area contributed by atoms with Crippen LogP contribution in [0, 0.1) is 0 Å². The lowest BCUT2D eigenvalue weighted by molar-refractivity contribution is 1.30. The van der Waals surface area contributed by atoms with Crippen molar-refractivity contribution in [1.29, 1.82) is 0 Å². The summed E-state index contributed by atoms with van der Waals surface area (Å²) in [7, 11) is 0. The molecule has 0 fully saturated rings. The number of nitrogens with zero attached hydrogens (tertiary/aromatic N) is 1. The fraction of sp³-hybridized carbons (Fsp3) is 0. The van der Waals surface area contributed by atoms with E-state index in [2.05, 4.69) is 229 Å². The lowest BCUT2D eigenvalue weighted by Gasteiger charge is -2.28. The van der Waals surface area contributed by atoms with Crippen LogP contribution in [0.5, 0.6) is 0 Å². The maximum atomic E-state index is 2.40. The summed E-state index contributed by atoms with van der Waals surface area (Å²) in [5, 5.41) is 2.42. The van der Waals surface area contributed by atoms with Gasteiger partial charge in [-0.05, 0) is 91.4 Å². The molecule has 0 aliphatic heterocycles. The Balaban J connectivity index is 1.13. The third-order valence-electron chi connectivity index (χ3n) is 10.1. The third-order valence-corrected chi connectivity index (χ3v) is 10.1. The molecule has 0 radical (unpaired) electrons. The van der Waals surface area contributed by atoms with E-state index in [1.54, 1.807) is 0 Å². The minimum Gasteiger partial charge on any atom is -0.310 e. The molecule has 0 saturated carbocycles. The number of hydrogen-bond donors (Lipinski definition) is 0. The van der Waals surface area contributed by atoms with Gasteiger partial charge in [0.2, 0.25) is 0 Å². The Labute approximate surface area is 311 Å². The highest BCUT2D eigenvalue weighted by Crippen LogP contribution is 2.43. The largest absolute Gasteiger partial charge is 0.310 e. The van der Waals surface area contributed by atoms with E-state index >= 15 is 0 Å². The van der Waals surface area contributed by atoms with Crippen LogP contribution in [-0.2, 0) is 0 Å². The Morgan fingerprint density at radius 3 is 1.21 bits per heavy atom. The Morgan fingerprint density at radius 2 is 0.642 bits per heavy atom. The Morgan fingerprint density at radius 1 is 0.245 bits per heavy atom. The zero-order valence-electron chi connectivity index (χ0n) is 29.3. The summed E-state index contributed by atoms with van der Waals surface area (Å²) in [4.78, 5) is 2.40. The highest BCUT2D eigenvalue weighted by atomic mass is 15.1. The molecule has 0 N–H and O–H groups in total. The number of fused-ring (bicyclic) bond motifs is 1. The van der Waals surface area contributed by atoms with Gasteiger partial charge in [0.1, 0.15) is 0 Å². The van der Waals surface area contributed by atoms with E-state index < -0.39 is 0 Å². The molecule has 53 heavy (non-hydrogen) atoms. The molecule has 0 amide bonds. The minimum atomic E-state index is 1.10. The van der Waals surface area contributed by atoms with Crippen molar-refractivity contribution in [2.75, 3.05) is 4.90 Å². The second-order valence-corrected chi connectivity index (χ2v) is 13.4. The van der Waals surface area contributed by atoms with Gasteiger partial charge in [-0.1, -0.05) is 194 Å². The predicted octanol–water partition coefficient (Wildman–Crippen LogP) is 14.6. The molecule has 0 saturated heterocycles. The smallest absolute Gasteiger partial charge is 0.0540 e. The lowest BCUT2D eigenvalue weighted by atomic mass is 9.92. The average Bonchev–Trinajstić information content (AvgIpc) is 3.25. The normalized spacial score (nSPS) is 11.0. The van der Waals surface area contributed by atoms with E-state index in [1.165, 1.54) is 66.4 Å². The van der Waals surface area contributed by atoms with Gasteiger partial charge in [0.15, 0.2) is 0 Å². The Bertz CT molecular complexity index is 2600. The van der Waals surface area contributed by atoms with Gasteiger partial charge in [-0.15, -0.1) is 0 Å². The molecule has 0 heterocycles. The van der Waals surface area contributed by atoms with Crippen LogP contribution in [-0.4, -0.2) is 0 Å². The molecule has 0 unspecified atom stereocenters. The van der Waals surface area contributed by atoms with E-state index in [0.717, 1.165) is 17.1 Å². The van der Waals surface area contributed by atoms with Crippen molar-refractivity contribution in [3.05, 3.63) is 224 Å². The summed E-state index contributed by atoms with van der Waals surface area (Å²) in [6.07, 6.45) is 0. The number of benzene rings is 9.